The number of para-hydroxylation sites is 1. The van der Waals surface area contributed by atoms with Crippen molar-refractivity contribution in [2.45, 2.75) is 58.1 Å². The van der Waals surface area contributed by atoms with Gasteiger partial charge in [0.1, 0.15) is 31.3 Å². The van der Waals surface area contributed by atoms with Gasteiger partial charge in [-0.1, -0.05) is 42.5 Å². The van der Waals surface area contributed by atoms with Crippen molar-refractivity contribution in [1.82, 2.24) is 5.32 Å². The highest BCUT2D eigenvalue weighted by molar-refractivity contribution is 5.90. The second-order valence-corrected chi connectivity index (χ2v) is 15.3. The molecule has 4 aromatic rings. The smallest absolute Gasteiger partial charge is 0.411 e. The first-order valence-electron chi connectivity index (χ1n) is 23.2. The predicted molar refractivity (Wildman–Crippen MR) is 250 cm³/mol. The molecule has 66 heavy (non-hydrogen) atoms. The largest absolute Gasteiger partial charge is 0.494 e. The van der Waals surface area contributed by atoms with Crippen LogP contribution in [0.2, 0.25) is 0 Å². The molecule has 15 heteroatoms. The third kappa shape index (κ3) is 22.7. The summed E-state index contributed by atoms with van der Waals surface area (Å²) >= 11 is 0. The summed E-state index contributed by atoms with van der Waals surface area (Å²) in [4.78, 5) is 24.9. The molecule has 1 heterocycles. The molecule has 0 radical (unpaired) electrons. The minimum Gasteiger partial charge on any atom is -0.494 e. The lowest BCUT2D eigenvalue weighted by atomic mass is 10.2. The van der Waals surface area contributed by atoms with Gasteiger partial charge in [0, 0.05) is 12.2 Å². The first-order chi connectivity index (χ1) is 32.6. The molecule has 0 fully saturated rings. The molecule has 0 bridgehead atoms. The van der Waals surface area contributed by atoms with Crippen molar-refractivity contribution >= 4 is 17.7 Å². The Balaban J connectivity index is 0.879. The van der Waals surface area contributed by atoms with Crippen LogP contribution >= 0.6 is 0 Å². The van der Waals surface area contributed by atoms with E-state index in [-0.39, 0.29) is 13.2 Å². The number of carbonyl (C=O) groups excluding carboxylic acids is 2. The Morgan fingerprint density at radius 1 is 0.485 bits per heavy atom. The number of carbonyl (C=O) groups is 2. The van der Waals surface area contributed by atoms with E-state index in [0.717, 1.165) is 80.8 Å². The van der Waals surface area contributed by atoms with Gasteiger partial charge in [0.2, 0.25) is 0 Å². The van der Waals surface area contributed by atoms with E-state index in [1.54, 1.807) is 18.2 Å². The normalized spacial score (nSPS) is 14.5. The quantitative estimate of drug-likeness (QED) is 0.0606. The molecule has 1 amide bonds. The van der Waals surface area contributed by atoms with Gasteiger partial charge in [0.25, 0.3) is 0 Å². The maximum atomic E-state index is 13.1. The van der Waals surface area contributed by atoms with Crippen molar-refractivity contribution < 1.29 is 61.7 Å². The molecular formula is C51H68N2O13. The van der Waals surface area contributed by atoms with Gasteiger partial charge in [-0.2, -0.15) is 0 Å². The lowest BCUT2D eigenvalue weighted by Crippen LogP contribution is -2.16. The fourth-order valence-electron chi connectivity index (χ4n) is 6.43. The molecule has 0 aliphatic carbocycles. The Hall–Kier alpha value is -5.42. The minimum absolute atomic E-state index is 0.110. The molecule has 0 atom stereocenters. The summed E-state index contributed by atoms with van der Waals surface area (Å²) in [6.07, 6.45) is 6.42. The number of nitrogens with one attached hydrogen (secondary N) is 2. The van der Waals surface area contributed by atoms with Crippen molar-refractivity contribution in [3.05, 3.63) is 114 Å². The molecule has 360 valence electrons. The third-order valence-corrected chi connectivity index (χ3v) is 10.0. The zero-order valence-electron chi connectivity index (χ0n) is 38.2. The second-order valence-electron chi connectivity index (χ2n) is 15.3. The second kappa shape index (κ2) is 33.1. The van der Waals surface area contributed by atoms with Crippen LogP contribution in [-0.2, 0) is 46.3 Å². The number of fused-ring (bicyclic) bond motifs is 1. The Morgan fingerprint density at radius 3 is 1.59 bits per heavy atom. The fourth-order valence-corrected chi connectivity index (χ4v) is 6.43. The lowest BCUT2D eigenvalue weighted by Gasteiger charge is -2.15. The molecule has 4 aromatic carbocycles. The minimum atomic E-state index is -0.479. The maximum Gasteiger partial charge on any atom is 0.411 e. The SMILES string of the molecule is O=C(Nc1ccccc1)OCCCCCNCc1ccc(OCCCCCCOc2ccc(COC(=O)c3ccc4c(c3)OCCOCCOCCOCCOCCOCCO4)cc2)cc1. The van der Waals surface area contributed by atoms with E-state index in [1.807, 2.05) is 66.7 Å². The Kier molecular flexibility index (Phi) is 25.9. The molecule has 2 N–H and O–H groups in total. The van der Waals surface area contributed by atoms with Crippen molar-refractivity contribution in [3.63, 3.8) is 0 Å². The van der Waals surface area contributed by atoms with Gasteiger partial charge in [-0.05, 0) is 117 Å². The summed E-state index contributed by atoms with van der Waals surface area (Å²) in [5.41, 5.74) is 3.12. The topological polar surface area (TPSA) is 160 Å². The van der Waals surface area contributed by atoms with Gasteiger partial charge in [-0.3, -0.25) is 5.32 Å². The number of anilines is 1. The highest BCUT2D eigenvalue weighted by Crippen LogP contribution is 2.29. The Labute approximate surface area is 389 Å². The van der Waals surface area contributed by atoms with Crippen LogP contribution in [0.25, 0.3) is 0 Å². The number of unbranched alkanes of at least 4 members (excludes halogenated alkanes) is 5. The van der Waals surface area contributed by atoms with Crippen LogP contribution in [0.1, 0.15) is 66.4 Å². The summed E-state index contributed by atoms with van der Waals surface area (Å²) in [7, 11) is 0. The highest BCUT2D eigenvalue weighted by Gasteiger charge is 2.14. The van der Waals surface area contributed by atoms with E-state index in [0.29, 0.717) is 110 Å². The monoisotopic (exact) mass is 916 g/mol. The molecule has 0 unspecified atom stereocenters. The molecule has 1 aliphatic heterocycles. The maximum absolute atomic E-state index is 13.1. The zero-order valence-corrected chi connectivity index (χ0v) is 38.2. The van der Waals surface area contributed by atoms with Gasteiger partial charge >= 0.3 is 12.1 Å². The molecule has 5 rings (SSSR count). The van der Waals surface area contributed by atoms with Crippen molar-refractivity contribution in [2.24, 2.45) is 0 Å². The first-order valence-corrected chi connectivity index (χ1v) is 23.2. The average molecular weight is 917 g/mol. The van der Waals surface area contributed by atoms with Gasteiger partial charge < -0.3 is 57.4 Å². The summed E-state index contributed by atoms with van der Waals surface area (Å²) in [6.45, 7) is 8.48. The van der Waals surface area contributed by atoms with E-state index in [1.165, 1.54) is 5.56 Å². The lowest BCUT2D eigenvalue weighted by molar-refractivity contribution is -0.0134. The van der Waals surface area contributed by atoms with Gasteiger partial charge in [-0.15, -0.1) is 0 Å². The standard InChI is InChI=1S/C51H68N2O13/c54-50(44-17-22-48-49(39-44)64-38-36-60-34-32-58-30-28-56-27-29-57-31-33-59-35-37-63-48)66-41-43-15-20-47(21-16-43)62-25-9-2-1-8-24-61-46-18-13-42(14-19-46)40-52-23-7-4-10-26-65-51(55)53-45-11-5-3-6-12-45/h3,5-6,11-22,39,52H,1-2,4,7-10,23-38,40-41H2,(H,53,55). The number of rotatable bonds is 21. The highest BCUT2D eigenvalue weighted by atomic mass is 16.6. The Bertz CT molecular complexity index is 1880. The fraction of sp³-hybridized carbons (Fsp3) is 0.490. The van der Waals surface area contributed by atoms with Gasteiger partial charge in [0.15, 0.2) is 11.5 Å². The zero-order chi connectivity index (χ0) is 46.0. The van der Waals surface area contributed by atoms with E-state index in [2.05, 4.69) is 22.8 Å². The summed E-state index contributed by atoms with van der Waals surface area (Å²) in [5.74, 6) is 2.07. The summed E-state index contributed by atoms with van der Waals surface area (Å²) in [6, 6.07) is 30.1. The molecule has 0 aromatic heterocycles. The van der Waals surface area contributed by atoms with Crippen LogP contribution in [0, 0.1) is 0 Å². The Morgan fingerprint density at radius 2 is 1.00 bits per heavy atom. The first kappa shape index (κ1) is 51.6. The van der Waals surface area contributed by atoms with Crippen LogP contribution < -0.4 is 29.6 Å². The number of hydrogen-bond acceptors (Lipinski definition) is 14. The van der Waals surface area contributed by atoms with E-state index >= 15 is 0 Å². The summed E-state index contributed by atoms with van der Waals surface area (Å²) in [5, 5.41) is 6.20. The molecule has 0 spiro atoms. The van der Waals surface area contributed by atoms with Crippen molar-refractivity contribution in [1.29, 1.82) is 0 Å². The number of ether oxygens (including phenoxy) is 11. The predicted octanol–water partition coefficient (Wildman–Crippen LogP) is 8.42. The van der Waals surface area contributed by atoms with E-state index in [4.69, 9.17) is 52.1 Å². The van der Waals surface area contributed by atoms with Crippen LogP contribution in [0.15, 0.2) is 97.1 Å². The molecular weight excluding hydrogens is 849 g/mol. The molecule has 0 saturated carbocycles. The molecule has 0 saturated heterocycles. The van der Waals surface area contributed by atoms with Crippen LogP contribution in [-0.4, -0.2) is 118 Å². The van der Waals surface area contributed by atoms with Crippen LogP contribution in [0.4, 0.5) is 10.5 Å². The number of amides is 1. The molecule has 15 nitrogen and oxygen atoms in total. The number of hydrogen-bond donors (Lipinski definition) is 2. The number of esters is 1. The number of benzene rings is 4. The van der Waals surface area contributed by atoms with Gasteiger partial charge in [-0.25, -0.2) is 9.59 Å². The van der Waals surface area contributed by atoms with Crippen LogP contribution in [0.3, 0.4) is 0 Å². The van der Waals surface area contributed by atoms with E-state index in [9.17, 15) is 9.59 Å². The third-order valence-electron chi connectivity index (χ3n) is 10.0. The van der Waals surface area contributed by atoms with Crippen LogP contribution in [0.5, 0.6) is 23.0 Å². The average Bonchev–Trinajstić information content (AvgIpc) is 3.34. The van der Waals surface area contributed by atoms with E-state index < -0.39 is 12.1 Å². The summed E-state index contributed by atoms with van der Waals surface area (Å²) < 4.78 is 62.4. The van der Waals surface area contributed by atoms with Gasteiger partial charge in [0.05, 0.1) is 91.5 Å². The van der Waals surface area contributed by atoms with Crippen molar-refractivity contribution in [2.75, 3.05) is 111 Å². The molecule has 1 aliphatic rings. The van der Waals surface area contributed by atoms with Crippen molar-refractivity contribution in [3.8, 4) is 23.0 Å².